The van der Waals surface area contributed by atoms with Crippen LogP contribution in [-0.2, 0) is 4.74 Å². The lowest BCUT2D eigenvalue weighted by Gasteiger charge is -2.42. The number of carbonyl (C=O) groups is 1. The summed E-state index contributed by atoms with van der Waals surface area (Å²) >= 11 is 0. The largest absolute Gasteiger partial charge is 0.444 e. The predicted molar refractivity (Wildman–Crippen MR) is 181 cm³/mol. The maximum atomic E-state index is 12.9. The highest BCUT2D eigenvalue weighted by Gasteiger charge is 2.32. The number of rotatable bonds is 9. The molecular weight excluding hydrogens is 546 g/mol. The molecule has 44 heavy (non-hydrogen) atoms. The highest BCUT2D eigenvalue weighted by atomic mass is 16.6. The lowest BCUT2D eigenvalue weighted by Crippen LogP contribution is -2.54. The zero-order valence-electron chi connectivity index (χ0n) is 27.5. The first-order chi connectivity index (χ1) is 20.9. The number of aromatic nitrogens is 1. The molecule has 0 N–H and O–H groups in total. The van der Waals surface area contributed by atoms with Gasteiger partial charge in [0.1, 0.15) is 5.60 Å². The standard InChI is InChI=1S/C37H47N5O2/c1-10-30-15-13-14-29(24-38)23-33(30)26(4)22-34(40-12-3)35(32(11-2)31-16-18-39-19-17-31)28(6)42-21-20-41(25-27(42)5)36(43)44-37(7,8)9/h11-14,16-19,23,27H,3-4,10,15,20-22,25H2,1-2,5-9H3/b32-11-,35-28+,40-34?. The third-order valence-corrected chi connectivity index (χ3v) is 7.82. The minimum Gasteiger partial charge on any atom is -0.444 e. The highest BCUT2D eigenvalue weighted by molar-refractivity contribution is 6.15. The molecule has 0 saturated carbocycles. The van der Waals surface area contributed by atoms with Crippen LogP contribution in [-0.4, -0.2) is 57.9 Å². The molecule has 0 aromatic carbocycles. The number of ether oxygens (including phenoxy) is 1. The molecule has 1 fully saturated rings. The lowest BCUT2D eigenvalue weighted by atomic mass is 9.86. The van der Waals surface area contributed by atoms with Crippen LogP contribution >= 0.6 is 0 Å². The summed E-state index contributed by atoms with van der Waals surface area (Å²) in [6, 6.07) is 6.35. The van der Waals surface area contributed by atoms with E-state index in [1.165, 1.54) is 5.57 Å². The quantitative estimate of drug-likeness (QED) is 0.212. The van der Waals surface area contributed by atoms with Crippen molar-refractivity contribution >= 4 is 17.4 Å². The lowest BCUT2D eigenvalue weighted by molar-refractivity contribution is 0.0101. The molecule has 1 saturated heterocycles. The fraction of sp³-hybridized carbons (Fsp3) is 0.405. The van der Waals surface area contributed by atoms with E-state index in [4.69, 9.17) is 9.73 Å². The van der Waals surface area contributed by atoms with Gasteiger partial charge in [0.05, 0.1) is 17.4 Å². The van der Waals surface area contributed by atoms with Crippen LogP contribution in [0.4, 0.5) is 4.79 Å². The Bertz CT molecular complexity index is 1480. The molecule has 1 aliphatic heterocycles. The Hall–Kier alpha value is -4.44. The Morgan fingerprint density at radius 2 is 1.98 bits per heavy atom. The Balaban J connectivity index is 2.10. The van der Waals surface area contributed by atoms with Gasteiger partial charge < -0.3 is 14.5 Å². The molecule has 0 bridgehead atoms. The number of amides is 1. The number of allylic oxidation sites excluding steroid dienone is 11. The van der Waals surface area contributed by atoms with Crippen LogP contribution in [0.5, 0.6) is 0 Å². The molecule has 1 atom stereocenters. The van der Waals surface area contributed by atoms with Gasteiger partial charge in [-0.05, 0) is 101 Å². The van der Waals surface area contributed by atoms with E-state index in [1.54, 1.807) is 23.5 Å². The smallest absolute Gasteiger partial charge is 0.410 e. The molecule has 0 spiro atoms. The second-order valence-corrected chi connectivity index (χ2v) is 12.1. The number of pyridine rings is 1. The van der Waals surface area contributed by atoms with Crippen molar-refractivity contribution in [1.82, 2.24) is 14.8 Å². The molecule has 1 aromatic heterocycles. The van der Waals surface area contributed by atoms with Gasteiger partial charge in [-0.15, -0.1) is 0 Å². The molecule has 2 aliphatic rings. The topological polar surface area (TPSA) is 81.8 Å². The van der Waals surface area contributed by atoms with Gasteiger partial charge in [0.25, 0.3) is 0 Å². The number of nitriles is 1. The van der Waals surface area contributed by atoms with Crippen molar-refractivity contribution in [2.45, 2.75) is 79.4 Å². The first-order valence-electron chi connectivity index (χ1n) is 15.3. The minimum atomic E-state index is -0.548. The summed E-state index contributed by atoms with van der Waals surface area (Å²) in [5, 5.41) is 9.69. The van der Waals surface area contributed by atoms with Gasteiger partial charge in [0.15, 0.2) is 0 Å². The van der Waals surface area contributed by atoms with E-state index in [0.717, 1.165) is 52.1 Å². The summed E-state index contributed by atoms with van der Waals surface area (Å²) < 4.78 is 5.66. The maximum absolute atomic E-state index is 12.9. The normalized spacial score (nSPS) is 18.7. The van der Waals surface area contributed by atoms with Gasteiger partial charge >= 0.3 is 6.09 Å². The van der Waals surface area contributed by atoms with E-state index in [0.29, 0.717) is 31.6 Å². The molecular formula is C37H47N5O2. The van der Waals surface area contributed by atoms with Gasteiger partial charge in [-0.3, -0.25) is 9.98 Å². The van der Waals surface area contributed by atoms with Gasteiger partial charge in [-0.1, -0.05) is 37.8 Å². The van der Waals surface area contributed by atoms with Crippen LogP contribution in [0, 0.1) is 11.3 Å². The van der Waals surface area contributed by atoms with Crippen molar-refractivity contribution < 1.29 is 9.53 Å². The minimum absolute atomic E-state index is 0.0402. The number of aliphatic imine (C=N–C) groups is 1. The average molecular weight is 594 g/mol. The van der Waals surface area contributed by atoms with Crippen LogP contribution in [0.2, 0.25) is 0 Å². The van der Waals surface area contributed by atoms with E-state index in [9.17, 15) is 10.1 Å². The third-order valence-electron chi connectivity index (χ3n) is 7.82. The molecule has 3 rings (SSSR count). The first kappa shape index (κ1) is 34.1. The average Bonchev–Trinajstić information content (AvgIpc) is 3.21. The van der Waals surface area contributed by atoms with Crippen LogP contribution in [0.15, 0.2) is 107 Å². The Kier molecular flexibility index (Phi) is 11.9. The highest BCUT2D eigenvalue weighted by Crippen LogP contribution is 2.34. The van der Waals surface area contributed by atoms with Crippen LogP contribution in [0.1, 0.15) is 73.3 Å². The van der Waals surface area contributed by atoms with E-state index in [-0.39, 0.29) is 12.1 Å². The Morgan fingerprint density at radius 1 is 1.27 bits per heavy atom. The third kappa shape index (κ3) is 8.57. The number of carbonyl (C=O) groups excluding carboxylic acids is 1. The van der Waals surface area contributed by atoms with E-state index >= 15 is 0 Å². The summed E-state index contributed by atoms with van der Waals surface area (Å²) in [7, 11) is 0. The van der Waals surface area contributed by atoms with Crippen molar-refractivity contribution in [3.8, 4) is 6.07 Å². The number of piperazine rings is 1. The molecule has 0 radical (unpaired) electrons. The fourth-order valence-corrected chi connectivity index (χ4v) is 5.74. The van der Waals surface area contributed by atoms with Gasteiger partial charge in [-0.2, -0.15) is 5.26 Å². The summed E-state index contributed by atoms with van der Waals surface area (Å²) in [6.45, 7) is 24.3. The second-order valence-electron chi connectivity index (χ2n) is 12.1. The van der Waals surface area contributed by atoms with Gasteiger partial charge in [-0.25, -0.2) is 4.79 Å². The SMILES string of the molecule is C=CN=C(CC(=C)C1=C(CC)CC=CC(C#N)=C1)C(/C(=C\C)c1ccncc1)=C(\C)N1CCN(C(=O)OC(C)(C)C)CC1C. The molecule has 7 heteroatoms. The zero-order valence-corrected chi connectivity index (χ0v) is 27.5. The monoisotopic (exact) mass is 593 g/mol. The van der Waals surface area contributed by atoms with E-state index in [2.05, 4.69) is 56.0 Å². The van der Waals surface area contributed by atoms with Crippen LogP contribution in [0.25, 0.3) is 5.57 Å². The molecule has 1 amide bonds. The van der Waals surface area contributed by atoms with Crippen molar-refractivity contribution in [2.24, 2.45) is 4.99 Å². The Labute approximate surface area is 264 Å². The molecule has 1 aromatic rings. The predicted octanol–water partition coefficient (Wildman–Crippen LogP) is 8.35. The zero-order chi connectivity index (χ0) is 32.4. The second kappa shape index (κ2) is 15.3. The Morgan fingerprint density at radius 3 is 2.55 bits per heavy atom. The van der Waals surface area contributed by atoms with E-state index < -0.39 is 5.60 Å². The van der Waals surface area contributed by atoms with E-state index in [1.807, 2.05) is 58.1 Å². The number of hydrogen-bond acceptors (Lipinski definition) is 6. The number of hydrogen-bond donors (Lipinski definition) is 0. The summed E-state index contributed by atoms with van der Waals surface area (Å²) in [5.74, 6) is 0. The molecule has 232 valence electrons. The summed E-state index contributed by atoms with van der Waals surface area (Å²) in [5.41, 5.74) is 8.15. The molecule has 1 aliphatic carbocycles. The fourth-order valence-electron chi connectivity index (χ4n) is 5.74. The van der Waals surface area contributed by atoms with Crippen LogP contribution < -0.4 is 0 Å². The van der Waals surface area contributed by atoms with Crippen molar-refractivity contribution in [2.75, 3.05) is 19.6 Å². The number of nitrogens with zero attached hydrogens (tertiary/aromatic N) is 5. The van der Waals surface area contributed by atoms with Crippen molar-refractivity contribution in [1.29, 1.82) is 5.26 Å². The van der Waals surface area contributed by atoms with Gasteiger partial charge in [0, 0.05) is 62.0 Å². The van der Waals surface area contributed by atoms with Crippen LogP contribution in [0.3, 0.4) is 0 Å². The summed E-state index contributed by atoms with van der Waals surface area (Å²) in [4.78, 5) is 26.1. The maximum Gasteiger partial charge on any atom is 0.410 e. The molecule has 2 heterocycles. The first-order valence-corrected chi connectivity index (χ1v) is 15.3. The molecule has 7 nitrogen and oxygen atoms in total. The van der Waals surface area contributed by atoms with Crippen molar-refractivity contribution in [3.63, 3.8) is 0 Å². The molecule has 1 unspecified atom stereocenters. The van der Waals surface area contributed by atoms with Gasteiger partial charge in [0.2, 0.25) is 0 Å². The summed E-state index contributed by atoms with van der Waals surface area (Å²) in [6.07, 6.45) is 15.0. The van der Waals surface area contributed by atoms with Crippen molar-refractivity contribution in [3.05, 3.63) is 107 Å².